The molecule has 0 bridgehead atoms. The summed E-state index contributed by atoms with van der Waals surface area (Å²) in [7, 11) is 0. The molecule has 1 heterocycles. The van der Waals surface area contributed by atoms with E-state index in [1.54, 1.807) is 24.3 Å². The molecule has 29 heavy (non-hydrogen) atoms. The van der Waals surface area contributed by atoms with Crippen LogP contribution in [0.1, 0.15) is 16.7 Å². The lowest BCUT2D eigenvalue weighted by molar-refractivity contribution is -0.144. The van der Waals surface area contributed by atoms with Crippen molar-refractivity contribution in [3.05, 3.63) is 70.6 Å². The molecular formula is C22H22N2O5. The number of esters is 1. The Kier molecular flexibility index (Phi) is 5.97. The third-order valence-electron chi connectivity index (χ3n) is 4.37. The fourth-order valence-corrected chi connectivity index (χ4v) is 3.12. The molecule has 3 rings (SSSR count). The second-order valence-corrected chi connectivity index (χ2v) is 6.81. The first kappa shape index (κ1) is 20.1. The quantitative estimate of drug-likeness (QED) is 0.578. The number of Topliss-reactive ketones (excluding diaryl/α,β-unsaturated/α-hetero) is 1. The number of hydrogen-bond donors (Lipinski definition) is 2. The van der Waals surface area contributed by atoms with Crippen molar-refractivity contribution in [1.29, 1.82) is 0 Å². The minimum absolute atomic E-state index is 0.0248. The van der Waals surface area contributed by atoms with Crippen LogP contribution in [0.25, 0.3) is 0 Å². The number of amides is 1. The van der Waals surface area contributed by atoms with E-state index in [2.05, 4.69) is 10.6 Å². The van der Waals surface area contributed by atoms with Crippen LogP contribution in [0.5, 0.6) is 0 Å². The topological polar surface area (TPSA) is 93.7 Å². The highest BCUT2D eigenvalue weighted by molar-refractivity contribution is 6.20. The predicted octanol–water partition coefficient (Wildman–Crippen LogP) is 3.02. The lowest BCUT2D eigenvalue weighted by atomic mass is 10.1. The molecule has 1 aliphatic rings. The molecule has 0 radical (unpaired) electrons. The van der Waals surface area contributed by atoms with Crippen molar-refractivity contribution in [1.82, 2.24) is 0 Å². The third-order valence-corrected chi connectivity index (χ3v) is 4.37. The third kappa shape index (κ3) is 4.82. The van der Waals surface area contributed by atoms with Crippen LogP contribution in [0.15, 0.2) is 53.9 Å². The Morgan fingerprint density at radius 2 is 1.72 bits per heavy atom. The maximum Gasteiger partial charge on any atom is 0.347 e. The first-order chi connectivity index (χ1) is 13.8. The minimum atomic E-state index is -0.904. The van der Waals surface area contributed by atoms with E-state index in [1.165, 1.54) is 0 Å². The van der Waals surface area contributed by atoms with Gasteiger partial charge < -0.3 is 20.1 Å². The molecule has 1 amide bonds. The molecule has 0 aliphatic carbocycles. The van der Waals surface area contributed by atoms with E-state index in [-0.39, 0.29) is 18.1 Å². The lowest BCUT2D eigenvalue weighted by Gasteiger charge is -2.13. The summed E-state index contributed by atoms with van der Waals surface area (Å²) < 4.78 is 10.3. The summed E-state index contributed by atoms with van der Waals surface area (Å²) in [5.41, 5.74) is 4.03. The number of carbonyl (C=O) groups is 3. The Hall–Kier alpha value is -3.61. The maximum atomic E-state index is 12.4. The zero-order chi connectivity index (χ0) is 21.0. The fourth-order valence-electron chi connectivity index (χ4n) is 3.12. The molecule has 0 unspecified atom stereocenters. The monoisotopic (exact) mass is 394 g/mol. The summed E-state index contributed by atoms with van der Waals surface area (Å²) in [5.74, 6) is -1.87. The first-order valence-corrected chi connectivity index (χ1v) is 9.12. The van der Waals surface area contributed by atoms with Crippen LogP contribution in [0.4, 0.5) is 11.4 Å². The van der Waals surface area contributed by atoms with Crippen molar-refractivity contribution in [3.63, 3.8) is 0 Å². The number of carbonyl (C=O) groups excluding carboxylic acids is 3. The highest BCUT2D eigenvalue weighted by Crippen LogP contribution is 2.22. The summed E-state index contributed by atoms with van der Waals surface area (Å²) in [6.07, 6.45) is 0. The summed E-state index contributed by atoms with van der Waals surface area (Å²) in [4.78, 5) is 36.7. The van der Waals surface area contributed by atoms with E-state index in [1.807, 2.05) is 39.0 Å². The fraction of sp³-hybridized carbons (Fsp3) is 0.227. The number of para-hydroxylation sites is 1. The number of rotatable bonds is 6. The van der Waals surface area contributed by atoms with E-state index in [0.717, 1.165) is 16.7 Å². The zero-order valence-electron chi connectivity index (χ0n) is 16.5. The number of aryl methyl sites for hydroxylation is 3. The van der Waals surface area contributed by atoms with Crippen molar-refractivity contribution in [2.75, 3.05) is 23.8 Å². The average molecular weight is 394 g/mol. The van der Waals surface area contributed by atoms with Gasteiger partial charge in [0.05, 0.1) is 0 Å². The Labute approximate surface area is 168 Å². The second-order valence-electron chi connectivity index (χ2n) is 6.81. The van der Waals surface area contributed by atoms with Crippen molar-refractivity contribution in [2.45, 2.75) is 20.8 Å². The van der Waals surface area contributed by atoms with Gasteiger partial charge in [0, 0.05) is 11.4 Å². The molecule has 150 valence electrons. The number of benzene rings is 2. The standard InChI is InChI=1S/C22H22N2O5/c1-13-9-14(2)20(15(3)10-13)24-18(26)12-29-22(27)19-17(25)11-28-21(19)23-16-7-5-4-6-8-16/h4-10,23H,11-12H2,1-3H3,(H,24,26). The minimum Gasteiger partial charge on any atom is -0.470 e. The predicted molar refractivity (Wildman–Crippen MR) is 108 cm³/mol. The van der Waals surface area contributed by atoms with Gasteiger partial charge in [0.1, 0.15) is 0 Å². The number of hydrogen-bond acceptors (Lipinski definition) is 6. The van der Waals surface area contributed by atoms with E-state index < -0.39 is 24.3 Å². The van der Waals surface area contributed by atoms with Gasteiger partial charge in [-0.2, -0.15) is 0 Å². The average Bonchev–Trinajstić information content (AvgIpc) is 3.03. The second kappa shape index (κ2) is 8.60. The summed E-state index contributed by atoms with van der Waals surface area (Å²) in [6, 6.07) is 12.9. The Morgan fingerprint density at radius 1 is 1.07 bits per heavy atom. The van der Waals surface area contributed by atoms with Crippen LogP contribution in [-0.2, 0) is 23.9 Å². The summed E-state index contributed by atoms with van der Waals surface area (Å²) >= 11 is 0. The smallest absolute Gasteiger partial charge is 0.347 e. The highest BCUT2D eigenvalue weighted by Gasteiger charge is 2.32. The molecule has 7 heteroatoms. The lowest BCUT2D eigenvalue weighted by Crippen LogP contribution is -2.24. The van der Waals surface area contributed by atoms with Crippen molar-refractivity contribution in [3.8, 4) is 0 Å². The summed E-state index contributed by atoms with van der Waals surface area (Å²) in [6.45, 7) is 4.99. The molecule has 2 aromatic rings. The van der Waals surface area contributed by atoms with Crippen molar-refractivity contribution < 1.29 is 23.9 Å². The van der Waals surface area contributed by atoms with E-state index in [9.17, 15) is 14.4 Å². The van der Waals surface area contributed by atoms with Gasteiger partial charge in [-0.3, -0.25) is 9.59 Å². The Bertz CT molecular complexity index is 973. The van der Waals surface area contributed by atoms with Gasteiger partial charge in [0.25, 0.3) is 5.91 Å². The number of ether oxygens (including phenoxy) is 2. The molecule has 0 atom stereocenters. The molecule has 0 saturated heterocycles. The maximum absolute atomic E-state index is 12.4. The first-order valence-electron chi connectivity index (χ1n) is 9.12. The van der Waals surface area contributed by atoms with Crippen LogP contribution >= 0.6 is 0 Å². The Balaban J connectivity index is 1.65. The molecule has 2 aromatic carbocycles. The van der Waals surface area contributed by atoms with E-state index in [4.69, 9.17) is 9.47 Å². The van der Waals surface area contributed by atoms with E-state index in [0.29, 0.717) is 11.4 Å². The van der Waals surface area contributed by atoms with Gasteiger partial charge in [-0.15, -0.1) is 0 Å². The number of nitrogens with one attached hydrogen (secondary N) is 2. The van der Waals surface area contributed by atoms with Crippen LogP contribution in [-0.4, -0.2) is 30.9 Å². The molecule has 0 saturated carbocycles. The van der Waals surface area contributed by atoms with Crippen molar-refractivity contribution in [2.24, 2.45) is 0 Å². The van der Waals surface area contributed by atoms with E-state index >= 15 is 0 Å². The molecule has 0 fully saturated rings. The van der Waals surface area contributed by atoms with Crippen molar-refractivity contribution >= 4 is 29.0 Å². The zero-order valence-corrected chi connectivity index (χ0v) is 16.5. The normalized spacial score (nSPS) is 13.1. The number of ketones is 1. The van der Waals surface area contributed by atoms with Crippen LogP contribution < -0.4 is 10.6 Å². The molecule has 7 nitrogen and oxygen atoms in total. The van der Waals surface area contributed by atoms with Gasteiger partial charge in [-0.1, -0.05) is 35.9 Å². The molecule has 0 aromatic heterocycles. The summed E-state index contributed by atoms with van der Waals surface area (Å²) in [5, 5.41) is 5.64. The van der Waals surface area contributed by atoms with Gasteiger partial charge in [-0.25, -0.2) is 4.79 Å². The SMILES string of the molecule is Cc1cc(C)c(NC(=O)COC(=O)C2=C(Nc3ccccc3)OCC2=O)c(C)c1. The molecule has 0 spiro atoms. The van der Waals surface area contributed by atoms with Gasteiger partial charge in [0.15, 0.2) is 18.8 Å². The molecule has 2 N–H and O–H groups in total. The highest BCUT2D eigenvalue weighted by atomic mass is 16.5. The van der Waals surface area contributed by atoms with Gasteiger partial charge in [0.2, 0.25) is 11.7 Å². The molecule has 1 aliphatic heterocycles. The van der Waals surface area contributed by atoms with Crippen LogP contribution in [0.3, 0.4) is 0 Å². The van der Waals surface area contributed by atoms with Crippen LogP contribution in [0.2, 0.25) is 0 Å². The molecular weight excluding hydrogens is 372 g/mol. The van der Waals surface area contributed by atoms with Gasteiger partial charge >= 0.3 is 5.97 Å². The largest absolute Gasteiger partial charge is 0.470 e. The number of anilines is 2. The van der Waals surface area contributed by atoms with Crippen LogP contribution in [0, 0.1) is 20.8 Å². The Morgan fingerprint density at radius 3 is 2.38 bits per heavy atom. The van der Waals surface area contributed by atoms with Gasteiger partial charge in [-0.05, 0) is 44.0 Å².